The van der Waals surface area contributed by atoms with E-state index in [1.54, 1.807) is 24.3 Å². The van der Waals surface area contributed by atoms with Crippen molar-refractivity contribution in [3.8, 4) is 11.8 Å². The average Bonchev–Trinajstić information content (AvgIpc) is 2.41. The third-order valence-electron chi connectivity index (χ3n) is 2.36. The summed E-state index contributed by atoms with van der Waals surface area (Å²) >= 11 is 0. The molecule has 7 nitrogen and oxygen atoms in total. The molecule has 0 heterocycles. The molecule has 20 heavy (non-hydrogen) atoms. The maximum Gasteiger partial charge on any atom is 0.325 e. The number of phenolic OH excluding ortho intramolecular Hbond substituents is 1. The van der Waals surface area contributed by atoms with E-state index in [4.69, 9.17) is 10.4 Å². The number of carbonyl (C=O) groups is 2. The fourth-order valence-electron chi connectivity index (χ4n) is 1.23. The number of para-hydroxylation sites is 2. The van der Waals surface area contributed by atoms with E-state index in [0.29, 0.717) is 5.69 Å². The van der Waals surface area contributed by atoms with Gasteiger partial charge in [-0.15, -0.1) is 0 Å². The van der Waals surface area contributed by atoms with Crippen molar-refractivity contribution < 1.29 is 19.8 Å². The molecule has 0 aliphatic rings. The second-order valence-corrected chi connectivity index (χ2v) is 3.86. The molecular formula is C13H13N3O4. The van der Waals surface area contributed by atoms with Gasteiger partial charge in [0.1, 0.15) is 23.4 Å². The van der Waals surface area contributed by atoms with E-state index >= 15 is 0 Å². The lowest BCUT2D eigenvalue weighted by atomic mass is 10.2. The maximum absolute atomic E-state index is 11.6. The van der Waals surface area contributed by atoms with Crippen molar-refractivity contribution in [3.63, 3.8) is 0 Å². The molecule has 0 saturated heterocycles. The predicted octanol–water partition coefficient (Wildman–Crippen LogP) is 0.801. The van der Waals surface area contributed by atoms with Crippen molar-refractivity contribution in [2.24, 2.45) is 0 Å². The molecule has 1 rings (SSSR count). The van der Waals surface area contributed by atoms with Crippen LogP contribution in [0.2, 0.25) is 0 Å². The highest BCUT2D eigenvalue weighted by Crippen LogP contribution is 2.21. The number of nitriles is 1. The number of aromatic hydroxyl groups is 1. The summed E-state index contributed by atoms with van der Waals surface area (Å²) in [6.07, 6.45) is 1.10. The molecule has 4 N–H and O–H groups in total. The van der Waals surface area contributed by atoms with E-state index < -0.39 is 17.9 Å². The summed E-state index contributed by atoms with van der Waals surface area (Å²) in [5.74, 6) is -2.06. The fourth-order valence-corrected chi connectivity index (χ4v) is 1.23. The van der Waals surface area contributed by atoms with Crippen LogP contribution in [-0.2, 0) is 9.59 Å². The Morgan fingerprint density at radius 3 is 2.60 bits per heavy atom. The average molecular weight is 275 g/mol. The molecule has 1 aromatic carbocycles. The van der Waals surface area contributed by atoms with Crippen molar-refractivity contribution >= 4 is 17.6 Å². The third-order valence-corrected chi connectivity index (χ3v) is 2.36. The van der Waals surface area contributed by atoms with Crippen molar-refractivity contribution in [2.75, 3.05) is 5.32 Å². The fraction of sp³-hybridized carbons (Fsp3) is 0.154. The van der Waals surface area contributed by atoms with Crippen LogP contribution in [0.15, 0.2) is 36.0 Å². The van der Waals surface area contributed by atoms with E-state index in [1.807, 2.05) is 0 Å². The molecule has 7 heteroatoms. The number of carboxylic acid groups (broad SMARTS) is 1. The Morgan fingerprint density at radius 1 is 1.40 bits per heavy atom. The molecule has 0 aromatic heterocycles. The molecule has 1 aromatic rings. The quantitative estimate of drug-likeness (QED) is 0.358. The Morgan fingerprint density at radius 2 is 2.05 bits per heavy atom. The van der Waals surface area contributed by atoms with Gasteiger partial charge in [0.2, 0.25) is 0 Å². The number of carbonyl (C=O) groups excluding carboxylic acids is 1. The number of amides is 1. The molecule has 0 fully saturated rings. The van der Waals surface area contributed by atoms with Crippen LogP contribution in [0.25, 0.3) is 0 Å². The SMILES string of the molecule is CC(NC(=O)/C(C#N)=C\Nc1ccccc1O)C(=O)O. The largest absolute Gasteiger partial charge is 0.506 e. The van der Waals surface area contributed by atoms with Crippen LogP contribution in [0.4, 0.5) is 5.69 Å². The summed E-state index contributed by atoms with van der Waals surface area (Å²) in [5.41, 5.74) is 0.0145. The van der Waals surface area contributed by atoms with Crippen LogP contribution >= 0.6 is 0 Å². The lowest BCUT2D eigenvalue weighted by Gasteiger charge is -2.09. The first-order valence-electron chi connectivity index (χ1n) is 5.64. The standard InChI is InChI=1S/C13H13N3O4/c1-8(13(19)20)16-12(18)9(6-14)7-15-10-4-2-3-5-11(10)17/h2-5,7-8,15,17H,1H3,(H,16,18)(H,19,20)/b9-7-. The Hall–Kier alpha value is -3.01. The summed E-state index contributed by atoms with van der Waals surface area (Å²) in [6, 6.07) is 6.82. The van der Waals surface area contributed by atoms with Gasteiger partial charge in [-0.05, 0) is 19.1 Å². The number of nitrogens with one attached hydrogen (secondary N) is 2. The van der Waals surface area contributed by atoms with E-state index in [-0.39, 0.29) is 11.3 Å². The highest BCUT2D eigenvalue weighted by atomic mass is 16.4. The number of hydrogen-bond donors (Lipinski definition) is 4. The van der Waals surface area contributed by atoms with Crippen molar-refractivity contribution in [1.82, 2.24) is 5.32 Å². The first kappa shape index (κ1) is 15.0. The van der Waals surface area contributed by atoms with E-state index in [9.17, 15) is 14.7 Å². The molecule has 1 atom stereocenters. The zero-order valence-electron chi connectivity index (χ0n) is 10.6. The van der Waals surface area contributed by atoms with Crippen LogP contribution < -0.4 is 10.6 Å². The lowest BCUT2D eigenvalue weighted by molar-refractivity contribution is -0.140. The van der Waals surface area contributed by atoms with Crippen LogP contribution in [0.5, 0.6) is 5.75 Å². The van der Waals surface area contributed by atoms with Crippen LogP contribution in [0.1, 0.15) is 6.92 Å². The molecule has 1 amide bonds. The van der Waals surface area contributed by atoms with Gasteiger partial charge >= 0.3 is 5.97 Å². The molecule has 0 saturated carbocycles. The number of phenols is 1. The van der Waals surface area contributed by atoms with Crippen LogP contribution in [-0.4, -0.2) is 28.1 Å². The van der Waals surface area contributed by atoms with Gasteiger partial charge in [-0.25, -0.2) is 0 Å². The van der Waals surface area contributed by atoms with Crippen molar-refractivity contribution in [1.29, 1.82) is 5.26 Å². The number of nitrogens with zero attached hydrogens (tertiary/aromatic N) is 1. The van der Waals surface area contributed by atoms with Gasteiger partial charge in [0.15, 0.2) is 0 Å². The zero-order chi connectivity index (χ0) is 15.1. The van der Waals surface area contributed by atoms with Crippen LogP contribution in [0.3, 0.4) is 0 Å². The Balaban J connectivity index is 2.79. The second kappa shape index (κ2) is 6.80. The Labute approximate surface area is 115 Å². The minimum atomic E-state index is -1.20. The van der Waals surface area contributed by atoms with E-state index in [2.05, 4.69) is 10.6 Å². The highest BCUT2D eigenvalue weighted by molar-refractivity contribution is 5.99. The first-order chi connectivity index (χ1) is 9.45. The minimum absolute atomic E-state index is 0.0413. The number of benzene rings is 1. The first-order valence-corrected chi connectivity index (χ1v) is 5.64. The zero-order valence-corrected chi connectivity index (χ0v) is 10.6. The normalized spacial score (nSPS) is 12.1. The predicted molar refractivity (Wildman–Crippen MR) is 70.7 cm³/mol. The van der Waals surface area contributed by atoms with Gasteiger partial charge in [-0.3, -0.25) is 9.59 Å². The second-order valence-electron chi connectivity index (χ2n) is 3.86. The summed E-state index contributed by atoms with van der Waals surface area (Å²) in [6.45, 7) is 1.28. The van der Waals surface area contributed by atoms with Gasteiger partial charge in [-0.2, -0.15) is 5.26 Å². The number of hydrogen-bond acceptors (Lipinski definition) is 5. The number of carboxylic acids is 1. The van der Waals surface area contributed by atoms with Crippen molar-refractivity contribution in [2.45, 2.75) is 13.0 Å². The van der Waals surface area contributed by atoms with Gasteiger partial charge in [0.25, 0.3) is 5.91 Å². The summed E-state index contributed by atoms with van der Waals surface area (Å²) in [4.78, 5) is 22.2. The third kappa shape index (κ3) is 4.03. The highest BCUT2D eigenvalue weighted by Gasteiger charge is 2.17. The minimum Gasteiger partial charge on any atom is -0.506 e. The van der Waals surface area contributed by atoms with Gasteiger partial charge in [0.05, 0.1) is 5.69 Å². The number of anilines is 1. The molecule has 0 radical (unpaired) electrons. The Bertz CT molecular complexity index is 590. The smallest absolute Gasteiger partial charge is 0.325 e. The topological polar surface area (TPSA) is 122 Å². The summed E-state index contributed by atoms with van der Waals surface area (Å²) in [5, 5.41) is 31.8. The van der Waals surface area contributed by atoms with Gasteiger partial charge in [-0.1, -0.05) is 12.1 Å². The Kier molecular flexibility index (Phi) is 5.12. The molecule has 0 spiro atoms. The van der Waals surface area contributed by atoms with Crippen molar-refractivity contribution in [3.05, 3.63) is 36.0 Å². The molecule has 0 bridgehead atoms. The lowest BCUT2D eigenvalue weighted by Crippen LogP contribution is -2.39. The summed E-state index contributed by atoms with van der Waals surface area (Å²) in [7, 11) is 0. The number of rotatable bonds is 5. The molecular weight excluding hydrogens is 262 g/mol. The molecule has 0 aliphatic carbocycles. The maximum atomic E-state index is 11.6. The molecule has 1 unspecified atom stereocenters. The molecule has 104 valence electrons. The van der Waals surface area contributed by atoms with E-state index in [0.717, 1.165) is 6.20 Å². The monoisotopic (exact) mass is 275 g/mol. The van der Waals surface area contributed by atoms with Gasteiger partial charge in [0, 0.05) is 6.20 Å². The molecule has 0 aliphatic heterocycles. The van der Waals surface area contributed by atoms with Crippen LogP contribution in [0, 0.1) is 11.3 Å². The number of aliphatic carboxylic acids is 1. The van der Waals surface area contributed by atoms with Gasteiger partial charge < -0.3 is 20.8 Å². The van der Waals surface area contributed by atoms with E-state index in [1.165, 1.54) is 13.0 Å². The summed E-state index contributed by atoms with van der Waals surface area (Å²) < 4.78 is 0.